The van der Waals surface area contributed by atoms with E-state index in [9.17, 15) is 9.59 Å². The molecular weight excluding hydrogens is 218 g/mol. The third-order valence-corrected chi connectivity index (χ3v) is 2.85. The summed E-state index contributed by atoms with van der Waals surface area (Å²) in [4.78, 5) is 23.0. The van der Waals surface area contributed by atoms with Crippen LogP contribution in [0.3, 0.4) is 0 Å². The third kappa shape index (κ3) is 4.43. The number of carboxylic acid groups (broad SMARTS) is 1. The van der Waals surface area contributed by atoms with Gasteiger partial charge in [0.2, 0.25) is 5.91 Å². The first-order valence-corrected chi connectivity index (χ1v) is 5.68. The fourth-order valence-electron chi connectivity index (χ4n) is 1.38. The first kappa shape index (κ1) is 15.4. The molecule has 0 aliphatic heterocycles. The van der Waals surface area contributed by atoms with E-state index in [4.69, 9.17) is 5.11 Å². The maximum atomic E-state index is 11.9. The van der Waals surface area contributed by atoms with Crippen LogP contribution in [0.15, 0.2) is 25.3 Å². The molecule has 4 heteroatoms. The molecule has 0 saturated heterocycles. The van der Waals surface area contributed by atoms with Crippen LogP contribution in [0.5, 0.6) is 0 Å². The summed E-state index contributed by atoms with van der Waals surface area (Å²) < 4.78 is 0. The second kappa shape index (κ2) is 6.89. The van der Waals surface area contributed by atoms with Crippen molar-refractivity contribution in [3.8, 4) is 0 Å². The van der Waals surface area contributed by atoms with E-state index >= 15 is 0 Å². The van der Waals surface area contributed by atoms with Gasteiger partial charge >= 0.3 is 5.97 Å². The molecule has 0 rings (SSSR count). The van der Waals surface area contributed by atoms with Crippen molar-refractivity contribution in [2.45, 2.75) is 38.6 Å². The van der Waals surface area contributed by atoms with Crippen molar-refractivity contribution in [3.63, 3.8) is 0 Å². The molecule has 2 N–H and O–H groups in total. The monoisotopic (exact) mass is 239 g/mol. The minimum Gasteiger partial charge on any atom is -0.480 e. The van der Waals surface area contributed by atoms with Crippen molar-refractivity contribution < 1.29 is 14.7 Å². The van der Waals surface area contributed by atoms with Crippen LogP contribution >= 0.6 is 0 Å². The first-order valence-electron chi connectivity index (χ1n) is 5.68. The highest BCUT2D eigenvalue weighted by molar-refractivity contribution is 5.87. The van der Waals surface area contributed by atoms with E-state index in [-0.39, 0.29) is 11.8 Å². The predicted octanol–water partition coefficient (Wildman–Crippen LogP) is 2.12. The summed E-state index contributed by atoms with van der Waals surface area (Å²) in [6, 6.07) is 0. The van der Waals surface area contributed by atoms with Crippen LogP contribution < -0.4 is 5.32 Å². The highest BCUT2D eigenvalue weighted by atomic mass is 16.4. The predicted molar refractivity (Wildman–Crippen MR) is 67.6 cm³/mol. The lowest BCUT2D eigenvalue weighted by molar-refractivity contribution is -0.147. The SMILES string of the molecule is C=CCC(CC=C)C(=O)NC(C)(CC)C(=O)O. The van der Waals surface area contributed by atoms with Gasteiger partial charge in [0, 0.05) is 5.92 Å². The van der Waals surface area contributed by atoms with Crippen LogP contribution in [0, 0.1) is 5.92 Å². The molecule has 0 spiro atoms. The number of amides is 1. The Morgan fingerprint density at radius 3 is 2.12 bits per heavy atom. The number of hydrogen-bond acceptors (Lipinski definition) is 2. The number of carbonyl (C=O) groups excluding carboxylic acids is 1. The zero-order chi connectivity index (χ0) is 13.5. The van der Waals surface area contributed by atoms with Crippen molar-refractivity contribution in [2.24, 2.45) is 5.92 Å². The molecule has 17 heavy (non-hydrogen) atoms. The van der Waals surface area contributed by atoms with Crippen molar-refractivity contribution >= 4 is 11.9 Å². The summed E-state index contributed by atoms with van der Waals surface area (Å²) in [5.41, 5.74) is -1.21. The van der Waals surface area contributed by atoms with E-state index < -0.39 is 11.5 Å². The fourth-order valence-corrected chi connectivity index (χ4v) is 1.38. The third-order valence-electron chi connectivity index (χ3n) is 2.85. The number of aliphatic carboxylic acids is 1. The topological polar surface area (TPSA) is 66.4 Å². The van der Waals surface area contributed by atoms with Crippen LogP contribution in [0.4, 0.5) is 0 Å². The van der Waals surface area contributed by atoms with Gasteiger partial charge in [0.05, 0.1) is 0 Å². The second-order valence-corrected chi connectivity index (χ2v) is 4.23. The van der Waals surface area contributed by atoms with E-state index in [0.29, 0.717) is 19.3 Å². The van der Waals surface area contributed by atoms with Gasteiger partial charge in [-0.15, -0.1) is 13.2 Å². The minimum atomic E-state index is -1.21. The second-order valence-electron chi connectivity index (χ2n) is 4.23. The molecule has 0 aliphatic rings. The molecule has 0 aromatic carbocycles. The molecule has 96 valence electrons. The van der Waals surface area contributed by atoms with Crippen molar-refractivity contribution in [1.29, 1.82) is 0 Å². The molecule has 4 nitrogen and oxygen atoms in total. The molecule has 0 heterocycles. The lowest BCUT2D eigenvalue weighted by atomic mass is 9.95. The Morgan fingerprint density at radius 1 is 1.35 bits per heavy atom. The van der Waals surface area contributed by atoms with Gasteiger partial charge in [-0.25, -0.2) is 4.79 Å². The Bertz CT molecular complexity index is 302. The molecule has 0 aromatic rings. The van der Waals surface area contributed by atoms with Crippen LogP contribution in [0.2, 0.25) is 0 Å². The quantitative estimate of drug-likeness (QED) is 0.638. The Balaban J connectivity index is 4.73. The van der Waals surface area contributed by atoms with Gasteiger partial charge in [0.15, 0.2) is 0 Å². The zero-order valence-corrected chi connectivity index (χ0v) is 10.5. The minimum absolute atomic E-state index is 0.267. The van der Waals surface area contributed by atoms with E-state index in [0.717, 1.165) is 0 Å². The number of allylic oxidation sites excluding steroid dienone is 2. The average molecular weight is 239 g/mol. The van der Waals surface area contributed by atoms with Crippen LogP contribution in [-0.4, -0.2) is 22.5 Å². The Morgan fingerprint density at radius 2 is 1.82 bits per heavy atom. The number of carboxylic acids is 1. The van der Waals surface area contributed by atoms with Crippen molar-refractivity contribution in [3.05, 3.63) is 25.3 Å². The van der Waals surface area contributed by atoms with Gasteiger partial charge in [0.1, 0.15) is 5.54 Å². The molecule has 1 atom stereocenters. The normalized spacial score (nSPS) is 13.8. The van der Waals surface area contributed by atoms with E-state index in [1.54, 1.807) is 19.1 Å². The van der Waals surface area contributed by atoms with Gasteiger partial charge in [-0.3, -0.25) is 4.79 Å². The maximum absolute atomic E-state index is 11.9. The first-order chi connectivity index (χ1) is 7.91. The standard InChI is InChI=1S/C13H21NO3/c1-5-8-10(9-6-2)11(15)14-13(4,7-3)12(16)17/h5-6,10H,1-2,7-9H2,3-4H3,(H,14,15)(H,16,17). The lowest BCUT2D eigenvalue weighted by Gasteiger charge is -2.26. The smallest absolute Gasteiger partial charge is 0.329 e. The Labute approximate surface area is 102 Å². The Kier molecular flexibility index (Phi) is 6.25. The molecule has 1 amide bonds. The van der Waals surface area contributed by atoms with Gasteiger partial charge in [-0.05, 0) is 26.2 Å². The van der Waals surface area contributed by atoms with Crippen molar-refractivity contribution in [2.75, 3.05) is 0 Å². The number of nitrogens with one attached hydrogen (secondary N) is 1. The summed E-state index contributed by atoms with van der Waals surface area (Å²) in [6.45, 7) is 10.4. The van der Waals surface area contributed by atoms with E-state index in [2.05, 4.69) is 18.5 Å². The van der Waals surface area contributed by atoms with E-state index in [1.807, 2.05) is 0 Å². The molecular formula is C13H21NO3. The molecule has 0 radical (unpaired) electrons. The lowest BCUT2D eigenvalue weighted by Crippen LogP contribution is -2.53. The number of hydrogen-bond donors (Lipinski definition) is 2. The average Bonchev–Trinajstić information content (AvgIpc) is 2.28. The summed E-state index contributed by atoms with van der Waals surface area (Å²) in [6.07, 6.45) is 4.66. The van der Waals surface area contributed by atoms with Crippen molar-refractivity contribution in [1.82, 2.24) is 5.32 Å². The van der Waals surface area contributed by atoms with Crippen LogP contribution in [-0.2, 0) is 9.59 Å². The van der Waals surface area contributed by atoms with Crippen LogP contribution in [0.25, 0.3) is 0 Å². The highest BCUT2D eigenvalue weighted by Crippen LogP contribution is 2.15. The summed E-state index contributed by atoms with van der Waals surface area (Å²) in [5.74, 6) is -1.59. The highest BCUT2D eigenvalue weighted by Gasteiger charge is 2.34. The number of rotatable bonds is 8. The number of carbonyl (C=O) groups is 2. The molecule has 0 bridgehead atoms. The molecule has 0 saturated carbocycles. The molecule has 0 fully saturated rings. The molecule has 0 aliphatic carbocycles. The van der Waals surface area contributed by atoms with E-state index in [1.165, 1.54) is 6.92 Å². The van der Waals surface area contributed by atoms with Crippen LogP contribution in [0.1, 0.15) is 33.1 Å². The molecule has 1 unspecified atom stereocenters. The summed E-state index contributed by atoms with van der Waals surface area (Å²) in [7, 11) is 0. The molecule has 0 aromatic heterocycles. The van der Waals surface area contributed by atoms with Gasteiger partial charge in [-0.1, -0.05) is 19.1 Å². The maximum Gasteiger partial charge on any atom is 0.329 e. The largest absolute Gasteiger partial charge is 0.480 e. The summed E-state index contributed by atoms with van der Waals surface area (Å²) in [5, 5.41) is 11.6. The van der Waals surface area contributed by atoms with Gasteiger partial charge < -0.3 is 10.4 Å². The fraction of sp³-hybridized carbons (Fsp3) is 0.538. The summed E-state index contributed by atoms with van der Waals surface area (Å²) >= 11 is 0. The zero-order valence-electron chi connectivity index (χ0n) is 10.5. The van der Waals surface area contributed by atoms with Gasteiger partial charge in [-0.2, -0.15) is 0 Å². The van der Waals surface area contributed by atoms with Gasteiger partial charge in [0.25, 0.3) is 0 Å². The Hall–Kier alpha value is -1.58.